The van der Waals surface area contributed by atoms with Gasteiger partial charge in [-0.2, -0.15) is 5.10 Å². The van der Waals surface area contributed by atoms with Crippen molar-refractivity contribution in [2.45, 2.75) is 18.9 Å². The van der Waals surface area contributed by atoms with Crippen molar-refractivity contribution in [2.75, 3.05) is 13.1 Å². The average molecular weight is 338 g/mol. The highest BCUT2D eigenvalue weighted by Crippen LogP contribution is 2.23. The number of likely N-dealkylation sites (tertiary alicyclic amines) is 1. The first-order valence-corrected chi connectivity index (χ1v) is 8.43. The van der Waals surface area contributed by atoms with Gasteiger partial charge < -0.3 is 9.47 Å². The standard InChI is InChI=1S/C19H19FN4O/c20-17-13-15(6-7-18(17)22-9-1-2-10-22)19(25)23-11-3-5-16(14-23)24-12-4-8-21-24/h1-2,4,6-10,12-13,16H,3,5,11,14H2/t16-/m1/s1. The Kier molecular flexibility index (Phi) is 4.09. The zero-order valence-corrected chi connectivity index (χ0v) is 13.8. The number of benzene rings is 1. The fraction of sp³-hybridized carbons (Fsp3) is 0.263. The first kappa shape index (κ1) is 15.6. The molecular weight excluding hydrogens is 319 g/mol. The van der Waals surface area contributed by atoms with Gasteiger partial charge in [0.1, 0.15) is 5.82 Å². The minimum absolute atomic E-state index is 0.130. The van der Waals surface area contributed by atoms with E-state index in [2.05, 4.69) is 5.10 Å². The molecule has 3 aromatic rings. The first-order chi connectivity index (χ1) is 12.2. The van der Waals surface area contributed by atoms with E-state index in [0.717, 1.165) is 12.8 Å². The number of hydrogen-bond donors (Lipinski definition) is 0. The van der Waals surface area contributed by atoms with Crippen LogP contribution in [-0.4, -0.2) is 38.2 Å². The van der Waals surface area contributed by atoms with Crippen molar-refractivity contribution in [1.82, 2.24) is 19.2 Å². The number of aromatic nitrogens is 3. The highest BCUT2D eigenvalue weighted by atomic mass is 19.1. The van der Waals surface area contributed by atoms with Gasteiger partial charge in [0.2, 0.25) is 0 Å². The lowest BCUT2D eigenvalue weighted by atomic mass is 10.0. The quantitative estimate of drug-likeness (QED) is 0.735. The molecule has 1 fully saturated rings. The smallest absolute Gasteiger partial charge is 0.254 e. The summed E-state index contributed by atoms with van der Waals surface area (Å²) in [6.45, 7) is 1.29. The fourth-order valence-corrected chi connectivity index (χ4v) is 3.38. The molecule has 25 heavy (non-hydrogen) atoms. The van der Waals surface area contributed by atoms with Gasteiger partial charge in [-0.25, -0.2) is 4.39 Å². The summed E-state index contributed by atoms with van der Waals surface area (Å²) >= 11 is 0. The summed E-state index contributed by atoms with van der Waals surface area (Å²) in [7, 11) is 0. The summed E-state index contributed by atoms with van der Waals surface area (Å²) in [6, 6.07) is 10.4. The summed E-state index contributed by atoms with van der Waals surface area (Å²) in [4.78, 5) is 14.6. The van der Waals surface area contributed by atoms with E-state index in [0.29, 0.717) is 24.3 Å². The molecule has 0 aliphatic carbocycles. The second-order valence-electron chi connectivity index (χ2n) is 6.29. The molecule has 6 heteroatoms. The van der Waals surface area contributed by atoms with Crippen LogP contribution in [0.25, 0.3) is 5.69 Å². The second kappa shape index (κ2) is 6.55. The number of carbonyl (C=O) groups is 1. The van der Waals surface area contributed by atoms with E-state index in [4.69, 9.17) is 0 Å². The number of hydrogen-bond acceptors (Lipinski definition) is 2. The summed E-state index contributed by atoms with van der Waals surface area (Å²) in [5.41, 5.74) is 0.823. The van der Waals surface area contributed by atoms with Crippen molar-refractivity contribution in [3.63, 3.8) is 0 Å². The molecule has 0 N–H and O–H groups in total. The van der Waals surface area contributed by atoms with Crippen molar-refractivity contribution < 1.29 is 9.18 Å². The first-order valence-electron chi connectivity index (χ1n) is 8.43. The SMILES string of the molecule is O=C(c1ccc(-n2cccc2)c(F)c1)N1CCC[C@@H](n2cccn2)C1. The normalized spacial score (nSPS) is 17.6. The Morgan fingerprint density at radius 2 is 2.00 bits per heavy atom. The molecule has 0 radical (unpaired) electrons. The van der Waals surface area contributed by atoms with Crippen molar-refractivity contribution in [2.24, 2.45) is 0 Å². The number of piperidine rings is 1. The van der Waals surface area contributed by atoms with Gasteiger partial charge in [0.05, 0.1) is 11.7 Å². The van der Waals surface area contributed by atoms with Crippen molar-refractivity contribution >= 4 is 5.91 Å². The van der Waals surface area contributed by atoms with Crippen LogP contribution < -0.4 is 0 Å². The van der Waals surface area contributed by atoms with Crippen molar-refractivity contribution in [3.8, 4) is 5.69 Å². The molecule has 128 valence electrons. The largest absolute Gasteiger partial charge is 0.337 e. The minimum Gasteiger partial charge on any atom is -0.337 e. The molecule has 1 aromatic carbocycles. The molecule has 0 unspecified atom stereocenters. The molecule has 0 bridgehead atoms. The molecule has 4 rings (SSSR count). The minimum atomic E-state index is -0.400. The van der Waals surface area contributed by atoms with E-state index in [-0.39, 0.29) is 11.9 Å². The predicted molar refractivity (Wildman–Crippen MR) is 92.1 cm³/mol. The highest BCUT2D eigenvalue weighted by molar-refractivity contribution is 5.94. The van der Waals surface area contributed by atoms with E-state index < -0.39 is 5.82 Å². The Morgan fingerprint density at radius 3 is 2.72 bits per heavy atom. The van der Waals surface area contributed by atoms with E-state index in [1.54, 1.807) is 40.2 Å². The van der Waals surface area contributed by atoms with Gasteiger partial charge in [-0.3, -0.25) is 9.48 Å². The van der Waals surface area contributed by atoms with Crippen LogP contribution in [-0.2, 0) is 0 Å². The van der Waals surface area contributed by atoms with Crippen LogP contribution in [0.3, 0.4) is 0 Å². The number of amides is 1. The predicted octanol–water partition coefficient (Wildman–Crippen LogP) is 3.29. The lowest BCUT2D eigenvalue weighted by molar-refractivity contribution is 0.0672. The maximum absolute atomic E-state index is 14.4. The van der Waals surface area contributed by atoms with Crippen LogP contribution in [0, 0.1) is 5.82 Å². The maximum atomic E-state index is 14.4. The Bertz CT molecular complexity index is 858. The average Bonchev–Trinajstić information content (AvgIpc) is 3.35. The molecule has 5 nitrogen and oxygen atoms in total. The lowest BCUT2D eigenvalue weighted by Gasteiger charge is -2.33. The molecule has 0 spiro atoms. The molecular formula is C19H19FN4O. The molecule has 1 saturated heterocycles. The van der Waals surface area contributed by atoms with E-state index in [1.165, 1.54) is 6.07 Å². The van der Waals surface area contributed by atoms with Crippen LogP contribution in [0.15, 0.2) is 61.2 Å². The topological polar surface area (TPSA) is 43.1 Å². The number of rotatable bonds is 3. The zero-order chi connectivity index (χ0) is 17.2. The molecule has 3 heterocycles. The molecule has 1 aliphatic heterocycles. The number of carbonyl (C=O) groups excluding carboxylic acids is 1. The molecule has 1 amide bonds. The van der Waals surface area contributed by atoms with Crippen molar-refractivity contribution in [3.05, 3.63) is 72.6 Å². The summed E-state index contributed by atoms with van der Waals surface area (Å²) < 4.78 is 18.0. The van der Waals surface area contributed by atoms with E-state index >= 15 is 0 Å². The molecule has 0 saturated carbocycles. The third-order valence-corrected chi connectivity index (χ3v) is 4.66. The second-order valence-corrected chi connectivity index (χ2v) is 6.29. The maximum Gasteiger partial charge on any atom is 0.254 e. The fourth-order valence-electron chi connectivity index (χ4n) is 3.38. The zero-order valence-electron chi connectivity index (χ0n) is 13.8. The van der Waals surface area contributed by atoms with Crippen LogP contribution in [0.5, 0.6) is 0 Å². The van der Waals surface area contributed by atoms with Crippen LogP contribution in [0.4, 0.5) is 4.39 Å². The third kappa shape index (κ3) is 3.07. The van der Waals surface area contributed by atoms with Gasteiger partial charge in [0.25, 0.3) is 5.91 Å². The highest BCUT2D eigenvalue weighted by Gasteiger charge is 2.26. The summed E-state index contributed by atoms with van der Waals surface area (Å²) in [6.07, 6.45) is 9.13. The molecule has 1 atom stereocenters. The Balaban J connectivity index is 1.53. The van der Waals surface area contributed by atoms with Gasteiger partial charge in [-0.15, -0.1) is 0 Å². The van der Waals surface area contributed by atoms with Crippen LogP contribution in [0.2, 0.25) is 0 Å². The van der Waals surface area contributed by atoms with E-state index in [9.17, 15) is 9.18 Å². The summed E-state index contributed by atoms with van der Waals surface area (Å²) in [5, 5.41) is 4.28. The van der Waals surface area contributed by atoms with Gasteiger partial charge >= 0.3 is 0 Å². The molecule has 2 aromatic heterocycles. The van der Waals surface area contributed by atoms with Gasteiger partial charge in [-0.05, 0) is 49.2 Å². The molecule has 1 aliphatic rings. The monoisotopic (exact) mass is 338 g/mol. The summed E-state index contributed by atoms with van der Waals surface area (Å²) in [5.74, 6) is -0.530. The number of nitrogens with zero attached hydrogens (tertiary/aromatic N) is 4. The Hall–Kier alpha value is -2.89. The number of halogens is 1. The van der Waals surface area contributed by atoms with Crippen LogP contribution in [0.1, 0.15) is 29.2 Å². The Morgan fingerprint density at radius 1 is 1.16 bits per heavy atom. The third-order valence-electron chi connectivity index (χ3n) is 4.66. The van der Waals surface area contributed by atoms with Crippen molar-refractivity contribution in [1.29, 1.82) is 0 Å². The van der Waals surface area contributed by atoms with Crippen LogP contribution >= 0.6 is 0 Å². The van der Waals surface area contributed by atoms with Gasteiger partial charge in [0, 0.05) is 43.4 Å². The van der Waals surface area contributed by atoms with Gasteiger partial charge in [-0.1, -0.05) is 0 Å². The lowest BCUT2D eigenvalue weighted by Crippen LogP contribution is -2.40. The van der Waals surface area contributed by atoms with E-state index in [1.807, 2.05) is 29.1 Å². The Labute approximate surface area is 145 Å². The van der Waals surface area contributed by atoms with Gasteiger partial charge in [0.15, 0.2) is 0 Å².